The van der Waals surface area contributed by atoms with Crippen molar-refractivity contribution in [3.8, 4) is 0 Å². The van der Waals surface area contributed by atoms with Gasteiger partial charge in [0.2, 0.25) is 0 Å². The van der Waals surface area contributed by atoms with Crippen LogP contribution in [0, 0.1) is 0 Å². The summed E-state index contributed by atoms with van der Waals surface area (Å²) in [6, 6.07) is 13.5. The zero-order valence-electron chi connectivity index (χ0n) is 11.8. The van der Waals surface area contributed by atoms with Crippen molar-refractivity contribution in [3.05, 3.63) is 42.1 Å². The topological polar surface area (TPSA) is 16.1 Å². The first-order valence-electron chi connectivity index (χ1n) is 7.51. The molecule has 2 aromatic rings. The van der Waals surface area contributed by atoms with E-state index in [0.29, 0.717) is 0 Å². The van der Waals surface area contributed by atoms with Crippen LogP contribution in [0.4, 0.5) is 0 Å². The Balaban J connectivity index is 1.74. The summed E-state index contributed by atoms with van der Waals surface area (Å²) < 4.78 is 0. The number of rotatable bonds is 6. The summed E-state index contributed by atoms with van der Waals surface area (Å²) in [6.07, 6.45) is 5.32. The summed E-state index contributed by atoms with van der Waals surface area (Å²) >= 11 is 3.54. The molecule has 0 spiro atoms. The number of alkyl halides is 1. The van der Waals surface area contributed by atoms with Crippen LogP contribution in [0.5, 0.6) is 0 Å². The standard InChI is InChI=1S/C17H21BrN2/c18-11-4-12-20(16-6-3-7-16)13-15-10-9-14-5-1-2-8-17(14)19-15/h1-2,5,8-10,16H,3-4,6-7,11-13H2. The molecule has 3 rings (SSSR count). The fourth-order valence-electron chi connectivity index (χ4n) is 2.81. The third kappa shape index (κ3) is 3.21. The smallest absolute Gasteiger partial charge is 0.0705 e. The third-order valence-electron chi connectivity index (χ3n) is 4.19. The Kier molecular flexibility index (Phi) is 4.69. The van der Waals surface area contributed by atoms with Gasteiger partial charge in [-0.05, 0) is 37.9 Å². The molecule has 1 aliphatic rings. The van der Waals surface area contributed by atoms with E-state index in [4.69, 9.17) is 4.98 Å². The van der Waals surface area contributed by atoms with E-state index in [1.165, 1.54) is 43.3 Å². The molecular formula is C17H21BrN2. The number of fused-ring (bicyclic) bond motifs is 1. The summed E-state index contributed by atoms with van der Waals surface area (Å²) in [5.41, 5.74) is 2.31. The Hall–Kier alpha value is -0.930. The first-order chi connectivity index (χ1) is 9.86. The Morgan fingerprint density at radius 2 is 2.00 bits per heavy atom. The highest BCUT2D eigenvalue weighted by molar-refractivity contribution is 9.09. The van der Waals surface area contributed by atoms with Crippen molar-refractivity contribution in [2.24, 2.45) is 0 Å². The van der Waals surface area contributed by atoms with Crippen LogP contribution in [0.15, 0.2) is 36.4 Å². The summed E-state index contributed by atoms with van der Waals surface area (Å²) in [5, 5.41) is 2.31. The minimum atomic E-state index is 0.780. The zero-order chi connectivity index (χ0) is 13.8. The van der Waals surface area contributed by atoms with Crippen LogP contribution in [0.3, 0.4) is 0 Å². The highest BCUT2D eigenvalue weighted by atomic mass is 79.9. The fourth-order valence-corrected chi connectivity index (χ4v) is 3.06. The SMILES string of the molecule is BrCCCN(Cc1ccc2ccccc2n1)C1CCC1. The molecule has 0 N–H and O–H groups in total. The van der Waals surface area contributed by atoms with E-state index in [1.54, 1.807) is 0 Å². The van der Waals surface area contributed by atoms with E-state index in [9.17, 15) is 0 Å². The molecule has 1 aliphatic carbocycles. The number of aromatic nitrogens is 1. The van der Waals surface area contributed by atoms with Gasteiger partial charge in [0.25, 0.3) is 0 Å². The normalized spacial score (nSPS) is 15.7. The van der Waals surface area contributed by atoms with E-state index < -0.39 is 0 Å². The number of pyridine rings is 1. The van der Waals surface area contributed by atoms with Crippen LogP contribution >= 0.6 is 15.9 Å². The number of benzene rings is 1. The van der Waals surface area contributed by atoms with Gasteiger partial charge in [-0.1, -0.05) is 46.6 Å². The lowest BCUT2D eigenvalue weighted by molar-refractivity contribution is 0.119. The predicted molar refractivity (Wildman–Crippen MR) is 88.2 cm³/mol. The molecule has 2 nitrogen and oxygen atoms in total. The van der Waals surface area contributed by atoms with Crippen LogP contribution < -0.4 is 0 Å². The monoisotopic (exact) mass is 332 g/mol. The second-order valence-electron chi connectivity index (χ2n) is 5.59. The van der Waals surface area contributed by atoms with E-state index in [1.807, 2.05) is 0 Å². The molecule has 106 valence electrons. The Bertz CT molecular complexity index is 566. The molecule has 1 saturated carbocycles. The van der Waals surface area contributed by atoms with Gasteiger partial charge in [0.05, 0.1) is 11.2 Å². The van der Waals surface area contributed by atoms with Crippen molar-refractivity contribution in [2.75, 3.05) is 11.9 Å². The molecular weight excluding hydrogens is 312 g/mol. The van der Waals surface area contributed by atoms with Gasteiger partial charge in [-0.2, -0.15) is 0 Å². The maximum Gasteiger partial charge on any atom is 0.0705 e. The molecule has 1 fully saturated rings. The molecule has 3 heteroatoms. The lowest BCUT2D eigenvalue weighted by atomic mass is 9.91. The number of para-hydroxylation sites is 1. The minimum absolute atomic E-state index is 0.780. The van der Waals surface area contributed by atoms with Crippen molar-refractivity contribution in [1.82, 2.24) is 9.88 Å². The third-order valence-corrected chi connectivity index (χ3v) is 4.75. The number of halogens is 1. The van der Waals surface area contributed by atoms with Crippen molar-refractivity contribution < 1.29 is 0 Å². The summed E-state index contributed by atoms with van der Waals surface area (Å²) in [4.78, 5) is 7.42. The first-order valence-corrected chi connectivity index (χ1v) is 8.63. The summed E-state index contributed by atoms with van der Waals surface area (Å²) in [7, 11) is 0. The van der Waals surface area contributed by atoms with Gasteiger partial charge in [-0.3, -0.25) is 9.88 Å². The van der Waals surface area contributed by atoms with Crippen molar-refractivity contribution in [2.45, 2.75) is 38.3 Å². The van der Waals surface area contributed by atoms with Crippen molar-refractivity contribution in [1.29, 1.82) is 0 Å². The highest BCUT2D eigenvalue weighted by Crippen LogP contribution is 2.26. The van der Waals surface area contributed by atoms with Gasteiger partial charge in [-0.25, -0.2) is 0 Å². The summed E-state index contributed by atoms with van der Waals surface area (Å²) in [5.74, 6) is 0. The van der Waals surface area contributed by atoms with Gasteiger partial charge in [0.15, 0.2) is 0 Å². The maximum atomic E-state index is 4.81. The molecule has 20 heavy (non-hydrogen) atoms. The number of hydrogen-bond donors (Lipinski definition) is 0. The molecule has 0 bridgehead atoms. The van der Waals surface area contributed by atoms with E-state index in [2.05, 4.69) is 57.2 Å². The van der Waals surface area contributed by atoms with Crippen LogP contribution in [0.25, 0.3) is 10.9 Å². The maximum absolute atomic E-state index is 4.81. The Morgan fingerprint density at radius 3 is 2.75 bits per heavy atom. The fraction of sp³-hybridized carbons (Fsp3) is 0.471. The van der Waals surface area contributed by atoms with Crippen LogP contribution in [0.1, 0.15) is 31.4 Å². The van der Waals surface area contributed by atoms with Crippen LogP contribution in [-0.4, -0.2) is 27.8 Å². The second-order valence-corrected chi connectivity index (χ2v) is 6.39. The molecule has 1 heterocycles. The van der Waals surface area contributed by atoms with E-state index >= 15 is 0 Å². The molecule has 0 saturated heterocycles. The molecule has 1 aromatic heterocycles. The lowest BCUT2D eigenvalue weighted by Crippen LogP contribution is -2.40. The van der Waals surface area contributed by atoms with Crippen molar-refractivity contribution in [3.63, 3.8) is 0 Å². The van der Waals surface area contributed by atoms with Gasteiger partial charge < -0.3 is 0 Å². The lowest BCUT2D eigenvalue weighted by Gasteiger charge is -2.37. The Morgan fingerprint density at radius 1 is 1.15 bits per heavy atom. The zero-order valence-corrected chi connectivity index (χ0v) is 13.3. The van der Waals surface area contributed by atoms with Crippen LogP contribution in [0.2, 0.25) is 0 Å². The largest absolute Gasteiger partial charge is 0.295 e. The Labute approximate surface area is 129 Å². The van der Waals surface area contributed by atoms with Gasteiger partial charge in [-0.15, -0.1) is 0 Å². The molecule has 0 amide bonds. The van der Waals surface area contributed by atoms with E-state index in [-0.39, 0.29) is 0 Å². The van der Waals surface area contributed by atoms with Gasteiger partial charge >= 0.3 is 0 Å². The predicted octanol–water partition coefficient (Wildman–Crippen LogP) is 4.37. The number of nitrogens with zero attached hydrogens (tertiary/aromatic N) is 2. The quantitative estimate of drug-likeness (QED) is 0.730. The first kappa shape index (κ1) is 14.0. The minimum Gasteiger partial charge on any atom is -0.295 e. The molecule has 0 aliphatic heterocycles. The van der Waals surface area contributed by atoms with E-state index in [0.717, 1.165) is 23.4 Å². The summed E-state index contributed by atoms with van der Waals surface area (Å²) in [6.45, 7) is 2.16. The molecule has 0 unspecified atom stereocenters. The number of hydrogen-bond acceptors (Lipinski definition) is 2. The van der Waals surface area contributed by atoms with Crippen LogP contribution in [-0.2, 0) is 6.54 Å². The van der Waals surface area contributed by atoms with Gasteiger partial charge in [0.1, 0.15) is 0 Å². The molecule has 0 atom stereocenters. The van der Waals surface area contributed by atoms with Gasteiger partial charge in [0, 0.05) is 23.3 Å². The van der Waals surface area contributed by atoms with Crippen molar-refractivity contribution >= 4 is 26.8 Å². The molecule has 0 radical (unpaired) electrons. The second kappa shape index (κ2) is 6.68. The average molecular weight is 333 g/mol. The highest BCUT2D eigenvalue weighted by Gasteiger charge is 2.24. The average Bonchev–Trinajstić information content (AvgIpc) is 2.43. The molecule has 1 aromatic carbocycles.